The number of benzene rings is 1. The Hall–Kier alpha value is -1.92. The van der Waals surface area contributed by atoms with Gasteiger partial charge in [-0.1, -0.05) is 18.2 Å². The Morgan fingerprint density at radius 2 is 1.91 bits per heavy atom. The van der Waals surface area contributed by atoms with Crippen molar-refractivity contribution < 1.29 is 4.74 Å². The van der Waals surface area contributed by atoms with Gasteiger partial charge in [-0.2, -0.15) is 5.10 Å². The summed E-state index contributed by atoms with van der Waals surface area (Å²) in [5.41, 5.74) is 0.815. The van der Waals surface area contributed by atoms with E-state index in [2.05, 4.69) is 10.00 Å². The molecule has 0 N–H and O–H groups in total. The molecule has 0 unspecified atom stereocenters. The molecule has 3 rings (SSSR count). The van der Waals surface area contributed by atoms with E-state index in [0.717, 1.165) is 50.6 Å². The van der Waals surface area contributed by atoms with Gasteiger partial charge in [-0.3, -0.25) is 0 Å². The number of piperidine rings is 1. The largest absolute Gasteiger partial charge is 0.383 e. The second-order valence-electron chi connectivity index (χ2n) is 6.04. The van der Waals surface area contributed by atoms with Crippen molar-refractivity contribution in [1.82, 2.24) is 19.2 Å². The number of likely N-dealkylation sites (tertiary alicyclic amines) is 1. The van der Waals surface area contributed by atoms with E-state index in [4.69, 9.17) is 4.74 Å². The van der Waals surface area contributed by atoms with Gasteiger partial charge in [0.25, 0.3) is 0 Å². The van der Waals surface area contributed by atoms with E-state index < -0.39 is 0 Å². The highest BCUT2D eigenvalue weighted by atomic mass is 16.5. The van der Waals surface area contributed by atoms with Crippen LogP contribution in [0.25, 0.3) is 5.69 Å². The quantitative estimate of drug-likeness (QED) is 0.837. The zero-order chi connectivity index (χ0) is 16.2. The second-order valence-corrected chi connectivity index (χ2v) is 6.04. The van der Waals surface area contributed by atoms with Gasteiger partial charge in [0.2, 0.25) is 0 Å². The van der Waals surface area contributed by atoms with E-state index in [9.17, 15) is 4.79 Å². The maximum absolute atomic E-state index is 12.5. The molecular formula is C17H24N4O2. The number of hydrogen-bond donors (Lipinski definition) is 0. The van der Waals surface area contributed by atoms with Crippen LogP contribution in [0.4, 0.5) is 0 Å². The molecule has 0 saturated carbocycles. The van der Waals surface area contributed by atoms with Gasteiger partial charge in [-0.15, -0.1) is 0 Å². The molecule has 1 aliphatic heterocycles. The molecule has 1 aromatic heterocycles. The first-order valence-electron chi connectivity index (χ1n) is 8.13. The number of ether oxygens (including phenoxy) is 1. The summed E-state index contributed by atoms with van der Waals surface area (Å²) in [6.45, 7) is 3.78. The van der Waals surface area contributed by atoms with Gasteiger partial charge in [0, 0.05) is 26.6 Å². The molecule has 1 aliphatic rings. The van der Waals surface area contributed by atoms with Crippen LogP contribution in [0.15, 0.2) is 35.1 Å². The van der Waals surface area contributed by atoms with Crippen LogP contribution in [0.5, 0.6) is 0 Å². The van der Waals surface area contributed by atoms with Gasteiger partial charge in [-0.05, 0) is 38.1 Å². The Bertz CT molecular complexity index is 684. The van der Waals surface area contributed by atoms with Crippen molar-refractivity contribution >= 4 is 0 Å². The highest BCUT2D eigenvalue weighted by molar-refractivity contribution is 5.32. The number of aromatic nitrogens is 3. The normalized spacial score (nSPS) is 16.8. The van der Waals surface area contributed by atoms with Crippen molar-refractivity contribution in [3.05, 3.63) is 46.6 Å². The molecule has 0 bridgehead atoms. The molecule has 124 valence electrons. The van der Waals surface area contributed by atoms with Gasteiger partial charge in [0.1, 0.15) is 5.82 Å². The van der Waals surface area contributed by atoms with E-state index in [1.54, 1.807) is 18.7 Å². The minimum atomic E-state index is -0.0759. The van der Waals surface area contributed by atoms with Crippen LogP contribution in [0.3, 0.4) is 0 Å². The zero-order valence-electron chi connectivity index (χ0n) is 13.8. The summed E-state index contributed by atoms with van der Waals surface area (Å²) in [6.07, 6.45) is 2.04. The van der Waals surface area contributed by atoms with Crippen LogP contribution >= 0.6 is 0 Å². The number of methoxy groups -OCH3 is 1. The van der Waals surface area contributed by atoms with E-state index in [-0.39, 0.29) is 5.69 Å². The maximum atomic E-state index is 12.5. The van der Waals surface area contributed by atoms with Gasteiger partial charge < -0.3 is 9.64 Å². The van der Waals surface area contributed by atoms with Crippen molar-refractivity contribution in [1.29, 1.82) is 0 Å². The molecule has 2 heterocycles. The Morgan fingerprint density at radius 3 is 2.57 bits per heavy atom. The van der Waals surface area contributed by atoms with Crippen LogP contribution in [-0.4, -0.2) is 52.6 Å². The lowest BCUT2D eigenvalue weighted by atomic mass is 9.96. The summed E-state index contributed by atoms with van der Waals surface area (Å²) < 4.78 is 8.35. The van der Waals surface area contributed by atoms with Gasteiger partial charge in [0.15, 0.2) is 0 Å². The van der Waals surface area contributed by atoms with Crippen molar-refractivity contribution in [3.8, 4) is 5.69 Å². The summed E-state index contributed by atoms with van der Waals surface area (Å²) in [4.78, 5) is 14.9. The standard InChI is InChI=1S/C17H24N4O2/c1-19-17(22)21(15-6-4-3-5-7-15)16(18-19)14-8-10-20(11-9-14)12-13-23-2/h3-7,14H,8-13H2,1-2H3. The van der Waals surface area contributed by atoms with Crippen molar-refractivity contribution in [2.45, 2.75) is 18.8 Å². The Labute approximate surface area is 136 Å². The molecule has 1 aromatic carbocycles. The summed E-state index contributed by atoms with van der Waals surface area (Å²) in [7, 11) is 3.46. The molecule has 23 heavy (non-hydrogen) atoms. The fourth-order valence-electron chi connectivity index (χ4n) is 3.20. The average molecular weight is 316 g/mol. The third-order valence-corrected chi connectivity index (χ3v) is 4.53. The average Bonchev–Trinajstić information content (AvgIpc) is 2.89. The molecule has 1 fully saturated rings. The highest BCUT2D eigenvalue weighted by Gasteiger charge is 2.26. The zero-order valence-corrected chi connectivity index (χ0v) is 13.8. The highest BCUT2D eigenvalue weighted by Crippen LogP contribution is 2.27. The van der Waals surface area contributed by atoms with Crippen LogP contribution in [0.1, 0.15) is 24.6 Å². The van der Waals surface area contributed by atoms with Crippen LogP contribution < -0.4 is 5.69 Å². The summed E-state index contributed by atoms with van der Waals surface area (Å²) in [5.74, 6) is 1.21. The molecule has 0 atom stereocenters. The maximum Gasteiger partial charge on any atom is 0.350 e. The summed E-state index contributed by atoms with van der Waals surface area (Å²) in [6, 6.07) is 9.78. The third-order valence-electron chi connectivity index (χ3n) is 4.53. The second kappa shape index (κ2) is 7.10. The van der Waals surface area contributed by atoms with Crippen molar-refractivity contribution in [2.24, 2.45) is 7.05 Å². The summed E-state index contributed by atoms with van der Waals surface area (Å²) in [5, 5.41) is 4.52. The molecular weight excluding hydrogens is 292 g/mol. The number of hydrogen-bond acceptors (Lipinski definition) is 4. The molecule has 6 heteroatoms. The van der Waals surface area contributed by atoms with E-state index in [1.165, 1.54) is 4.68 Å². The van der Waals surface area contributed by atoms with Crippen LogP contribution in [0, 0.1) is 0 Å². The SMILES string of the molecule is COCCN1CCC(c2nn(C)c(=O)n2-c2ccccc2)CC1. The van der Waals surface area contributed by atoms with Crippen LogP contribution in [-0.2, 0) is 11.8 Å². The Balaban J connectivity index is 1.82. The molecule has 0 amide bonds. The lowest BCUT2D eigenvalue weighted by molar-refractivity contribution is 0.129. The first-order chi connectivity index (χ1) is 11.2. The molecule has 2 aromatic rings. The van der Waals surface area contributed by atoms with Gasteiger partial charge in [0.05, 0.1) is 12.3 Å². The van der Waals surface area contributed by atoms with Gasteiger partial charge in [-0.25, -0.2) is 14.0 Å². The number of nitrogens with zero attached hydrogens (tertiary/aromatic N) is 4. The first kappa shape index (κ1) is 16.0. The van der Waals surface area contributed by atoms with Crippen molar-refractivity contribution in [3.63, 3.8) is 0 Å². The van der Waals surface area contributed by atoms with E-state index in [1.807, 2.05) is 30.3 Å². The number of rotatable bonds is 5. The number of para-hydroxylation sites is 1. The lowest BCUT2D eigenvalue weighted by Crippen LogP contribution is -2.36. The molecule has 6 nitrogen and oxygen atoms in total. The Morgan fingerprint density at radius 1 is 1.22 bits per heavy atom. The van der Waals surface area contributed by atoms with Crippen molar-refractivity contribution in [2.75, 3.05) is 33.4 Å². The van der Waals surface area contributed by atoms with Crippen LogP contribution in [0.2, 0.25) is 0 Å². The molecule has 1 saturated heterocycles. The fourth-order valence-corrected chi connectivity index (χ4v) is 3.20. The third kappa shape index (κ3) is 3.38. The molecule has 0 spiro atoms. The Kier molecular flexibility index (Phi) is 4.93. The van der Waals surface area contributed by atoms with E-state index >= 15 is 0 Å². The van der Waals surface area contributed by atoms with E-state index in [0.29, 0.717) is 5.92 Å². The van der Waals surface area contributed by atoms with Gasteiger partial charge >= 0.3 is 5.69 Å². The minimum absolute atomic E-state index is 0.0759. The first-order valence-corrected chi connectivity index (χ1v) is 8.13. The fraction of sp³-hybridized carbons (Fsp3) is 0.529. The smallest absolute Gasteiger partial charge is 0.350 e. The monoisotopic (exact) mass is 316 g/mol. The number of aryl methyl sites for hydroxylation is 1. The molecule has 0 radical (unpaired) electrons. The lowest BCUT2D eigenvalue weighted by Gasteiger charge is -2.31. The summed E-state index contributed by atoms with van der Waals surface area (Å²) >= 11 is 0. The predicted octanol–water partition coefficient (Wildman–Crippen LogP) is 1.40. The topological polar surface area (TPSA) is 52.3 Å². The predicted molar refractivity (Wildman–Crippen MR) is 89.1 cm³/mol. The minimum Gasteiger partial charge on any atom is -0.383 e. The molecule has 0 aliphatic carbocycles.